The number of H-pyrrole nitrogens is 1. The van der Waals surface area contributed by atoms with Gasteiger partial charge in [-0.2, -0.15) is 0 Å². The van der Waals surface area contributed by atoms with E-state index in [2.05, 4.69) is 4.98 Å². The van der Waals surface area contributed by atoms with Gasteiger partial charge in [0.05, 0.1) is 17.6 Å². The molecule has 1 heterocycles. The molecule has 0 aliphatic carbocycles. The van der Waals surface area contributed by atoms with E-state index in [0.29, 0.717) is 0 Å². The maximum atomic E-state index is 6.05. The molecule has 0 aliphatic heterocycles. The van der Waals surface area contributed by atoms with Gasteiger partial charge in [0.25, 0.3) is 0 Å². The summed E-state index contributed by atoms with van der Waals surface area (Å²) in [4.78, 5) is 3.21. The maximum absolute atomic E-state index is 6.05. The molecular weight excluding hydrogens is 186 g/mol. The SMILES string of the molecule is COc1cc(Cl)c2cc(C)[nH]c2c1. The average Bonchev–Trinajstić information content (AvgIpc) is 2.46. The number of aromatic nitrogens is 1. The summed E-state index contributed by atoms with van der Waals surface area (Å²) in [6.07, 6.45) is 0. The zero-order valence-corrected chi connectivity index (χ0v) is 8.27. The van der Waals surface area contributed by atoms with Crippen molar-refractivity contribution < 1.29 is 4.74 Å². The van der Waals surface area contributed by atoms with Crippen LogP contribution in [0.5, 0.6) is 5.75 Å². The number of methoxy groups -OCH3 is 1. The van der Waals surface area contributed by atoms with Crippen LogP contribution in [-0.2, 0) is 0 Å². The molecule has 68 valence electrons. The number of fused-ring (bicyclic) bond motifs is 1. The Morgan fingerprint density at radius 3 is 2.77 bits per heavy atom. The summed E-state index contributed by atoms with van der Waals surface area (Å²) < 4.78 is 5.11. The van der Waals surface area contributed by atoms with E-state index in [4.69, 9.17) is 16.3 Å². The Kier molecular flexibility index (Phi) is 1.93. The molecule has 2 aromatic rings. The second-order valence-electron chi connectivity index (χ2n) is 3.02. The van der Waals surface area contributed by atoms with Gasteiger partial charge in [-0.15, -0.1) is 0 Å². The third-order valence-corrected chi connectivity index (χ3v) is 2.34. The molecule has 1 aromatic carbocycles. The Morgan fingerprint density at radius 1 is 1.31 bits per heavy atom. The molecule has 13 heavy (non-hydrogen) atoms. The van der Waals surface area contributed by atoms with Crippen LogP contribution in [0.15, 0.2) is 18.2 Å². The number of aromatic amines is 1. The smallest absolute Gasteiger partial charge is 0.122 e. The van der Waals surface area contributed by atoms with E-state index < -0.39 is 0 Å². The molecular formula is C10H10ClNO. The van der Waals surface area contributed by atoms with E-state index >= 15 is 0 Å². The fourth-order valence-electron chi connectivity index (χ4n) is 1.43. The quantitative estimate of drug-likeness (QED) is 0.743. The third-order valence-electron chi connectivity index (χ3n) is 2.03. The number of rotatable bonds is 1. The molecule has 2 rings (SSSR count). The standard InChI is InChI=1S/C10H10ClNO/c1-6-3-8-9(11)4-7(13-2)5-10(8)12-6/h3-5,12H,1-2H3. The summed E-state index contributed by atoms with van der Waals surface area (Å²) in [7, 11) is 1.63. The second-order valence-corrected chi connectivity index (χ2v) is 3.43. The van der Waals surface area contributed by atoms with Crippen LogP contribution in [0.1, 0.15) is 5.69 Å². The van der Waals surface area contributed by atoms with E-state index in [-0.39, 0.29) is 0 Å². The Hall–Kier alpha value is -1.15. The van der Waals surface area contributed by atoms with Crippen LogP contribution in [0.2, 0.25) is 5.02 Å². The van der Waals surface area contributed by atoms with Crippen molar-refractivity contribution in [2.45, 2.75) is 6.92 Å². The van der Waals surface area contributed by atoms with Gasteiger partial charge in [-0.3, -0.25) is 0 Å². The molecule has 1 N–H and O–H groups in total. The third kappa shape index (κ3) is 1.38. The average molecular weight is 196 g/mol. The van der Waals surface area contributed by atoms with E-state index in [0.717, 1.165) is 27.4 Å². The molecule has 0 fully saturated rings. The molecule has 2 nitrogen and oxygen atoms in total. The van der Waals surface area contributed by atoms with Gasteiger partial charge in [0, 0.05) is 17.1 Å². The van der Waals surface area contributed by atoms with Gasteiger partial charge >= 0.3 is 0 Å². The number of hydrogen-bond acceptors (Lipinski definition) is 1. The Balaban J connectivity index is 2.75. The zero-order chi connectivity index (χ0) is 9.42. The molecule has 0 amide bonds. The summed E-state index contributed by atoms with van der Waals surface area (Å²) >= 11 is 6.05. The molecule has 0 unspecified atom stereocenters. The van der Waals surface area contributed by atoms with Crippen molar-refractivity contribution in [3.63, 3.8) is 0 Å². The number of aryl methyl sites for hydroxylation is 1. The highest BCUT2D eigenvalue weighted by atomic mass is 35.5. The first-order valence-corrected chi connectivity index (χ1v) is 4.41. The topological polar surface area (TPSA) is 25.0 Å². The van der Waals surface area contributed by atoms with E-state index in [9.17, 15) is 0 Å². The van der Waals surface area contributed by atoms with Crippen molar-refractivity contribution in [1.82, 2.24) is 4.98 Å². The van der Waals surface area contributed by atoms with Crippen molar-refractivity contribution in [1.29, 1.82) is 0 Å². The normalized spacial score (nSPS) is 10.7. The van der Waals surface area contributed by atoms with Gasteiger partial charge in [0.15, 0.2) is 0 Å². The Morgan fingerprint density at radius 2 is 2.08 bits per heavy atom. The molecule has 0 radical (unpaired) electrons. The summed E-state index contributed by atoms with van der Waals surface area (Å²) in [5.41, 5.74) is 2.12. The second kappa shape index (κ2) is 2.96. The van der Waals surface area contributed by atoms with Crippen LogP contribution in [0.25, 0.3) is 10.9 Å². The van der Waals surface area contributed by atoms with Crippen LogP contribution < -0.4 is 4.74 Å². The minimum Gasteiger partial charge on any atom is -0.497 e. The van der Waals surface area contributed by atoms with Crippen LogP contribution >= 0.6 is 11.6 Å². The van der Waals surface area contributed by atoms with E-state index in [1.165, 1.54) is 0 Å². The first kappa shape index (κ1) is 8.45. The van der Waals surface area contributed by atoms with Gasteiger partial charge in [-0.1, -0.05) is 11.6 Å². The van der Waals surface area contributed by atoms with Crippen LogP contribution in [-0.4, -0.2) is 12.1 Å². The molecule has 0 saturated heterocycles. The van der Waals surface area contributed by atoms with Crippen molar-refractivity contribution in [2.75, 3.05) is 7.11 Å². The van der Waals surface area contributed by atoms with Gasteiger partial charge < -0.3 is 9.72 Å². The number of nitrogens with one attached hydrogen (secondary N) is 1. The Bertz CT molecular complexity index is 447. The zero-order valence-electron chi connectivity index (χ0n) is 7.52. The van der Waals surface area contributed by atoms with E-state index in [1.54, 1.807) is 7.11 Å². The lowest BCUT2D eigenvalue weighted by Crippen LogP contribution is -1.82. The highest BCUT2D eigenvalue weighted by Crippen LogP contribution is 2.29. The lowest BCUT2D eigenvalue weighted by Gasteiger charge is -2.00. The summed E-state index contributed by atoms with van der Waals surface area (Å²) in [5.74, 6) is 0.777. The van der Waals surface area contributed by atoms with Gasteiger partial charge in [-0.05, 0) is 19.1 Å². The molecule has 0 saturated carbocycles. The molecule has 1 aromatic heterocycles. The number of benzene rings is 1. The summed E-state index contributed by atoms with van der Waals surface area (Å²) in [6.45, 7) is 2.00. The molecule has 0 bridgehead atoms. The van der Waals surface area contributed by atoms with Crippen LogP contribution in [0, 0.1) is 6.92 Å². The van der Waals surface area contributed by atoms with E-state index in [1.807, 2.05) is 25.1 Å². The molecule has 0 spiro atoms. The van der Waals surface area contributed by atoms with Gasteiger partial charge in [0.2, 0.25) is 0 Å². The molecule has 0 atom stereocenters. The number of halogens is 1. The van der Waals surface area contributed by atoms with Crippen LogP contribution in [0.4, 0.5) is 0 Å². The van der Waals surface area contributed by atoms with Crippen molar-refractivity contribution in [3.8, 4) is 5.75 Å². The lowest BCUT2D eigenvalue weighted by molar-refractivity contribution is 0.415. The molecule has 0 aliphatic rings. The fraction of sp³-hybridized carbons (Fsp3) is 0.200. The largest absolute Gasteiger partial charge is 0.497 e. The van der Waals surface area contributed by atoms with Crippen molar-refractivity contribution >= 4 is 22.5 Å². The lowest BCUT2D eigenvalue weighted by atomic mass is 10.2. The first-order chi connectivity index (χ1) is 6.20. The highest BCUT2D eigenvalue weighted by Gasteiger charge is 2.04. The summed E-state index contributed by atoms with van der Waals surface area (Å²) in [5, 5.41) is 1.76. The van der Waals surface area contributed by atoms with Gasteiger partial charge in [0.1, 0.15) is 5.75 Å². The minimum atomic E-state index is 0.721. The molecule has 3 heteroatoms. The van der Waals surface area contributed by atoms with Crippen molar-refractivity contribution in [2.24, 2.45) is 0 Å². The summed E-state index contributed by atoms with van der Waals surface area (Å²) in [6, 6.07) is 5.78. The predicted molar refractivity (Wildman–Crippen MR) is 54.6 cm³/mol. The maximum Gasteiger partial charge on any atom is 0.122 e. The van der Waals surface area contributed by atoms with Crippen LogP contribution in [0.3, 0.4) is 0 Å². The highest BCUT2D eigenvalue weighted by molar-refractivity contribution is 6.35. The predicted octanol–water partition coefficient (Wildman–Crippen LogP) is 3.14. The monoisotopic (exact) mass is 195 g/mol. The first-order valence-electron chi connectivity index (χ1n) is 4.03. The fourth-order valence-corrected chi connectivity index (χ4v) is 1.69. The Labute approximate surface area is 81.5 Å². The van der Waals surface area contributed by atoms with Gasteiger partial charge in [-0.25, -0.2) is 0 Å². The number of hydrogen-bond donors (Lipinski definition) is 1. The number of ether oxygens (including phenoxy) is 1. The van der Waals surface area contributed by atoms with Crippen molar-refractivity contribution in [3.05, 3.63) is 28.9 Å². The minimum absolute atomic E-state index is 0.721.